The molecule has 1 unspecified atom stereocenters. The van der Waals surface area contributed by atoms with Crippen molar-refractivity contribution in [1.29, 1.82) is 0 Å². The summed E-state index contributed by atoms with van der Waals surface area (Å²) >= 11 is 0. The Hall–Kier alpha value is -2.92. The Labute approximate surface area is 276 Å². The Kier molecular flexibility index (Phi) is 9.54. The van der Waals surface area contributed by atoms with Gasteiger partial charge in [0.2, 0.25) is 0 Å². The van der Waals surface area contributed by atoms with Crippen molar-refractivity contribution >= 4 is 11.9 Å². The minimum atomic E-state index is -0.513. The molecular formula is C41H54O5. The van der Waals surface area contributed by atoms with Gasteiger partial charge in [0.1, 0.15) is 12.2 Å². The van der Waals surface area contributed by atoms with Crippen LogP contribution < -0.4 is 0 Å². The third-order valence-electron chi connectivity index (χ3n) is 13.1. The van der Waals surface area contributed by atoms with Crippen LogP contribution in [0.25, 0.3) is 0 Å². The molecule has 0 aliphatic heterocycles. The topological polar surface area (TPSA) is 72.8 Å². The number of fused-ring (bicyclic) bond motifs is 5. The van der Waals surface area contributed by atoms with E-state index in [2.05, 4.69) is 40.7 Å². The average molecular weight is 627 g/mol. The standard InChI is InChI=1S/C41H54O5/c1-26(2)36(46-39(44)29-14-10-7-11-15-29)21-16-27(3)33-19-20-34-32-18-17-30-24-31(45-38(43)28-12-8-6-9-13-28)25-37(42)41(30,5)35(32)22-23-40(33,34)4/h6-15,17,26-27,31-37,42H,16,18-25H2,1-5H3/t27-,31-,32+,33-,34+,35+,36?,37+,40-,41+/m1/s1. The largest absolute Gasteiger partial charge is 0.459 e. The molecule has 0 radical (unpaired) electrons. The molecule has 0 bridgehead atoms. The van der Waals surface area contributed by atoms with Gasteiger partial charge in [0.25, 0.3) is 0 Å². The van der Waals surface area contributed by atoms with Crippen LogP contribution in [0, 0.1) is 46.3 Å². The zero-order chi connectivity index (χ0) is 32.6. The molecule has 4 aliphatic carbocycles. The quantitative estimate of drug-likeness (QED) is 0.222. The lowest BCUT2D eigenvalue weighted by Gasteiger charge is -2.59. The van der Waals surface area contributed by atoms with Crippen LogP contribution in [0.15, 0.2) is 72.3 Å². The minimum Gasteiger partial charge on any atom is -0.459 e. The van der Waals surface area contributed by atoms with Crippen LogP contribution in [-0.4, -0.2) is 35.4 Å². The first-order valence-corrected chi connectivity index (χ1v) is 17.9. The molecule has 10 atom stereocenters. The highest BCUT2D eigenvalue weighted by Gasteiger charge is 2.61. The van der Waals surface area contributed by atoms with Crippen LogP contribution in [-0.2, 0) is 9.47 Å². The van der Waals surface area contributed by atoms with Gasteiger partial charge in [-0.1, -0.05) is 82.7 Å². The molecule has 0 amide bonds. The normalized spacial score (nSPS) is 34.8. The zero-order valence-corrected chi connectivity index (χ0v) is 28.5. The molecule has 3 saturated carbocycles. The molecule has 0 saturated heterocycles. The predicted octanol–water partition coefficient (Wildman–Crippen LogP) is 9.06. The molecule has 2 aromatic rings. The average Bonchev–Trinajstić information content (AvgIpc) is 3.41. The highest BCUT2D eigenvalue weighted by Crippen LogP contribution is 2.67. The van der Waals surface area contributed by atoms with Crippen LogP contribution in [0.5, 0.6) is 0 Å². The van der Waals surface area contributed by atoms with Gasteiger partial charge in [-0.2, -0.15) is 0 Å². The van der Waals surface area contributed by atoms with Crippen molar-refractivity contribution in [2.24, 2.45) is 46.3 Å². The van der Waals surface area contributed by atoms with Gasteiger partial charge in [0.15, 0.2) is 0 Å². The summed E-state index contributed by atoms with van der Waals surface area (Å²) in [6, 6.07) is 18.5. The van der Waals surface area contributed by atoms with E-state index in [1.54, 1.807) is 12.1 Å². The molecule has 4 aliphatic rings. The summed E-state index contributed by atoms with van der Waals surface area (Å²) in [7, 11) is 0. The Morgan fingerprint density at radius 1 is 0.870 bits per heavy atom. The molecule has 1 N–H and O–H groups in total. The Bertz CT molecular complexity index is 1400. The molecule has 0 heterocycles. The van der Waals surface area contributed by atoms with E-state index in [0.29, 0.717) is 52.6 Å². The van der Waals surface area contributed by atoms with Crippen LogP contribution in [0.4, 0.5) is 0 Å². The molecule has 3 fully saturated rings. The van der Waals surface area contributed by atoms with Gasteiger partial charge in [-0.25, -0.2) is 9.59 Å². The van der Waals surface area contributed by atoms with E-state index in [4.69, 9.17) is 9.47 Å². The van der Waals surface area contributed by atoms with E-state index in [1.165, 1.54) is 24.8 Å². The fourth-order valence-electron chi connectivity index (χ4n) is 10.5. The van der Waals surface area contributed by atoms with Crippen molar-refractivity contribution in [1.82, 2.24) is 0 Å². The van der Waals surface area contributed by atoms with E-state index in [0.717, 1.165) is 32.1 Å². The Morgan fingerprint density at radius 2 is 1.52 bits per heavy atom. The first kappa shape index (κ1) is 33.0. The van der Waals surface area contributed by atoms with Gasteiger partial charge >= 0.3 is 11.9 Å². The van der Waals surface area contributed by atoms with Crippen molar-refractivity contribution in [3.63, 3.8) is 0 Å². The summed E-state index contributed by atoms with van der Waals surface area (Å²) in [6.45, 7) is 11.6. The molecular weight excluding hydrogens is 572 g/mol. The molecule has 46 heavy (non-hydrogen) atoms. The summed E-state index contributed by atoms with van der Waals surface area (Å²) in [4.78, 5) is 25.7. The van der Waals surface area contributed by atoms with Gasteiger partial charge in [0.05, 0.1) is 17.2 Å². The van der Waals surface area contributed by atoms with Gasteiger partial charge in [-0.15, -0.1) is 0 Å². The minimum absolute atomic E-state index is 0.0821. The number of esters is 2. The van der Waals surface area contributed by atoms with Crippen LogP contribution >= 0.6 is 0 Å². The van der Waals surface area contributed by atoms with Crippen LogP contribution in [0.3, 0.4) is 0 Å². The van der Waals surface area contributed by atoms with Crippen molar-refractivity contribution in [3.05, 3.63) is 83.4 Å². The number of carbonyl (C=O) groups excluding carboxylic acids is 2. The summed E-state index contributed by atoms with van der Waals surface area (Å²) in [6.07, 6.45) is 10.7. The maximum atomic E-state index is 12.8. The van der Waals surface area contributed by atoms with Crippen molar-refractivity contribution in [2.45, 2.75) is 111 Å². The van der Waals surface area contributed by atoms with Crippen LogP contribution in [0.1, 0.15) is 113 Å². The van der Waals surface area contributed by atoms with Crippen molar-refractivity contribution in [2.75, 3.05) is 0 Å². The fourth-order valence-corrected chi connectivity index (χ4v) is 10.5. The lowest BCUT2D eigenvalue weighted by atomic mass is 9.46. The number of ether oxygens (including phenoxy) is 2. The number of rotatable bonds is 9. The van der Waals surface area contributed by atoms with E-state index in [9.17, 15) is 14.7 Å². The molecule has 0 aromatic heterocycles. The SMILES string of the molecule is CC(C)C(CC[C@@H](C)[C@H]1CC[C@H]2[C@@H]3CC=C4C[C@@H](OC(=O)c5ccccc5)C[C@H](O)[C@]4(C)[C@H]3CC[C@]12C)OC(=O)c1ccccc1. The fraction of sp³-hybridized carbons (Fsp3) is 0.610. The van der Waals surface area contributed by atoms with Gasteiger partial charge < -0.3 is 14.6 Å². The van der Waals surface area contributed by atoms with Gasteiger partial charge in [-0.3, -0.25) is 0 Å². The maximum Gasteiger partial charge on any atom is 0.338 e. The Balaban J connectivity index is 1.10. The second-order valence-corrected chi connectivity index (χ2v) is 15.8. The lowest BCUT2D eigenvalue weighted by molar-refractivity contribution is -0.109. The summed E-state index contributed by atoms with van der Waals surface area (Å²) in [5.74, 6) is 2.68. The second kappa shape index (κ2) is 13.3. The van der Waals surface area contributed by atoms with Crippen molar-refractivity contribution < 1.29 is 24.2 Å². The first-order chi connectivity index (χ1) is 22.0. The molecule has 0 spiro atoms. The monoisotopic (exact) mass is 626 g/mol. The summed E-state index contributed by atoms with van der Waals surface area (Å²) in [5.41, 5.74) is 2.52. The summed E-state index contributed by atoms with van der Waals surface area (Å²) < 4.78 is 12.0. The summed E-state index contributed by atoms with van der Waals surface area (Å²) in [5, 5.41) is 11.7. The molecule has 5 nitrogen and oxygen atoms in total. The highest BCUT2D eigenvalue weighted by molar-refractivity contribution is 5.89. The number of aliphatic hydroxyl groups excluding tert-OH is 1. The predicted molar refractivity (Wildman–Crippen MR) is 181 cm³/mol. The Morgan fingerprint density at radius 3 is 2.17 bits per heavy atom. The van der Waals surface area contributed by atoms with Gasteiger partial charge in [0, 0.05) is 18.3 Å². The molecule has 248 valence electrons. The van der Waals surface area contributed by atoms with Crippen LogP contribution in [0.2, 0.25) is 0 Å². The number of hydrogen-bond acceptors (Lipinski definition) is 5. The number of hydrogen-bond donors (Lipinski definition) is 1. The number of allylic oxidation sites excluding steroid dienone is 1. The van der Waals surface area contributed by atoms with Gasteiger partial charge in [-0.05, 0) is 110 Å². The van der Waals surface area contributed by atoms with E-state index >= 15 is 0 Å². The highest BCUT2D eigenvalue weighted by atomic mass is 16.5. The van der Waals surface area contributed by atoms with Crippen molar-refractivity contribution in [3.8, 4) is 0 Å². The third kappa shape index (κ3) is 6.09. The number of benzene rings is 2. The molecule has 6 rings (SSSR count). The van der Waals surface area contributed by atoms with E-state index in [1.807, 2.05) is 48.5 Å². The smallest absolute Gasteiger partial charge is 0.338 e. The van der Waals surface area contributed by atoms with E-state index in [-0.39, 0.29) is 35.5 Å². The van der Waals surface area contributed by atoms with E-state index < -0.39 is 6.10 Å². The number of aliphatic hydroxyl groups is 1. The zero-order valence-electron chi connectivity index (χ0n) is 28.5. The molecule has 2 aromatic carbocycles. The maximum absolute atomic E-state index is 12.8. The molecule has 5 heteroatoms. The second-order valence-electron chi connectivity index (χ2n) is 15.8. The third-order valence-corrected chi connectivity index (χ3v) is 13.1. The lowest BCUT2D eigenvalue weighted by Crippen LogP contribution is -2.56. The first-order valence-electron chi connectivity index (χ1n) is 17.9. The number of carbonyl (C=O) groups is 2.